The zero-order valence-corrected chi connectivity index (χ0v) is 17.3. The van der Waals surface area contributed by atoms with Gasteiger partial charge in [-0.15, -0.1) is 0 Å². The van der Waals surface area contributed by atoms with Crippen molar-refractivity contribution < 1.29 is 18.0 Å². The summed E-state index contributed by atoms with van der Waals surface area (Å²) in [5, 5.41) is 6.35. The minimum absolute atomic E-state index is 0.274. The first-order valence-electron chi connectivity index (χ1n) is 9.18. The van der Waals surface area contributed by atoms with Gasteiger partial charge in [-0.1, -0.05) is 11.3 Å². The average molecular weight is 446 g/mol. The van der Waals surface area contributed by atoms with Gasteiger partial charge in [-0.2, -0.15) is 13.2 Å². The van der Waals surface area contributed by atoms with E-state index in [1.54, 1.807) is 29.4 Å². The van der Waals surface area contributed by atoms with Crippen LogP contribution in [0.25, 0.3) is 11.0 Å². The number of rotatable bonds is 5. The summed E-state index contributed by atoms with van der Waals surface area (Å²) in [5.74, 6) is -0.332. The molecule has 11 heteroatoms. The lowest BCUT2D eigenvalue weighted by molar-refractivity contribution is -0.137. The first-order valence-corrected chi connectivity index (χ1v) is 10.0. The monoisotopic (exact) mass is 446 g/mol. The molecule has 0 unspecified atom stereocenters. The average Bonchev–Trinajstić information content (AvgIpc) is 3.34. The molecule has 3 aromatic heterocycles. The van der Waals surface area contributed by atoms with Crippen LogP contribution in [0.3, 0.4) is 0 Å². The molecule has 0 aliphatic heterocycles. The zero-order valence-electron chi connectivity index (χ0n) is 16.4. The maximum Gasteiger partial charge on any atom is 0.416 e. The third-order valence-electron chi connectivity index (χ3n) is 4.61. The number of carbonyl (C=O) groups excluding carboxylic acids is 1. The molecule has 0 aliphatic carbocycles. The van der Waals surface area contributed by atoms with Gasteiger partial charge in [0.05, 0.1) is 29.6 Å². The first-order chi connectivity index (χ1) is 14.7. The molecule has 0 bridgehead atoms. The summed E-state index contributed by atoms with van der Waals surface area (Å²) in [7, 11) is 1.84. The fourth-order valence-corrected chi connectivity index (χ4v) is 3.75. The number of hydrogen-bond donors (Lipinski definition) is 2. The Balaban J connectivity index is 1.42. The van der Waals surface area contributed by atoms with Crippen molar-refractivity contribution in [3.63, 3.8) is 0 Å². The highest BCUT2D eigenvalue weighted by Crippen LogP contribution is 2.31. The molecule has 0 saturated heterocycles. The Bertz CT molecular complexity index is 1230. The molecule has 0 saturated carbocycles. The van der Waals surface area contributed by atoms with E-state index in [1.165, 1.54) is 23.5 Å². The van der Waals surface area contributed by atoms with Crippen LogP contribution in [-0.2, 0) is 13.2 Å². The Hall–Kier alpha value is -3.47. The van der Waals surface area contributed by atoms with Crippen molar-refractivity contribution in [2.75, 3.05) is 5.32 Å². The number of hydrogen-bond acceptors (Lipinski definition) is 6. The lowest BCUT2D eigenvalue weighted by Crippen LogP contribution is -2.26. The summed E-state index contributed by atoms with van der Waals surface area (Å²) in [5.41, 5.74) is 1.55. The Kier molecular flexibility index (Phi) is 5.36. The summed E-state index contributed by atoms with van der Waals surface area (Å²) in [6.45, 7) is 1.82. The van der Waals surface area contributed by atoms with Crippen LogP contribution in [0.4, 0.5) is 24.0 Å². The van der Waals surface area contributed by atoms with Gasteiger partial charge in [0, 0.05) is 23.8 Å². The number of halogens is 3. The lowest BCUT2D eigenvalue weighted by Gasteiger charge is -2.11. The number of nitrogens with one attached hydrogen (secondary N) is 2. The van der Waals surface area contributed by atoms with Gasteiger partial charge in [0.15, 0.2) is 5.13 Å². The standard InChI is InChI=1S/C20H17F3N6OS/c1-11(27-18(30)14-7-16-15(8-24-14)26-10-29(16)2)17-9-25-19(31-17)28-13-5-3-12(4-6-13)20(21,22)23/h3-11H,1-2H3,(H,25,28)(H,27,30)/t11-/m0/s1. The van der Waals surface area contributed by atoms with Crippen LogP contribution in [0.15, 0.2) is 49.1 Å². The number of amides is 1. The Morgan fingerprint density at radius 3 is 2.58 bits per heavy atom. The summed E-state index contributed by atoms with van der Waals surface area (Å²) in [4.78, 5) is 25.9. The molecule has 0 spiro atoms. The smallest absolute Gasteiger partial charge is 0.343 e. The number of imidazole rings is 1. The molecule has 0 aliphatic rings. The molecule has 4 aromatic rings. The van der Waals surface area contributed by atoms with E-state index in [1.807, 2.05) is 14.0 Å². The highest BCUT2D eigenvalue weighted by Gasteiger charge is 2.30. The van der Waals surface area contributed by atoms with Gasteiger partial charge < -0.3 is 15.2 Å². The normalized spacial score (nSPS) is 12.7. The number of fused-ring (bicyclic) bond motifs is 1. The first kappa shape index (κ1) is 20.8. The van der Waals surface area contributed by atoms with Crippen LogP contribution in [0.1, 0.15) is 33.9 Å². The molecule has 4 rings (SSSR count). The van der Waals surface area contributed by atoms with Gasteiger partial charge in [-0.25, -0.2) is 15.0 Å². The Labute approximate surface area is 179 Å². The highest BCUT2D eigenvalue weighted by atomic mass is 32.1. The van der Waals surface area contributed by atoms with Crippen LogP contribution < -0.4 is 10.6 Å². The summed E-state index contributed by atoms with van der Waals surface area (Å²) in [6, 6.07) is 6.04. The van der Waals surface area contributed by atoms with Crippen LogP contribution in [0, 0.1) is 0 Å². The summed E-state index contributed by atoms with van der Waals surface area (Å²) in [6.07, 6.45) is 0.434. The molecule has 31 heavy (non-hydrogen) atoms. The van der Waals surface area contributed by atoms with E-state index >= 15 is 0 Å². The molecule has 1 atom stereocenters. The largest absolute Gasteiger partial charge is 0.416 e. The van der Waals surface area contributed by atoms with Gasteiger partial charge in [0.25, 0.3) is 5.91 Å². The maximum atomic E-state index is 12.7. The predicted molar refractivity (Wildman–Crippen MR) is 111 cm³/mol. The van der Waals surface area contributed by atoms with E-state index in [9.17, 15) is 18.0 Å². The minimum Gasteiger partial charge on any atom is -0.343 e. The Morgan fingerprint density at radius 2 is 1.87 bits per heavy atom. The molecule has 1 aromatic carbocycles. The third-order valence-corrected chi connectivity index (χ3v) is 5.70. The number of alkyl halides is 3. The van der Waals surface area contributed by atoms with Gasteiger partial charge in [-0.05, 0) is 37.3 Å². The molecule has 7 nitrogen and oxygen atoms in total. The second kappa shape index (κ2) is 7.99. The van der Waals surface area contributed by atoms with Crippen LogP contribution in [0.5, 0.6) is 0 Å². The van der Waals surface area contributed by atoms with E-state index in [0.717, 1.165) is 22.5 Å². The molecule has 1 amide bonds. The van der Waals surface area contributed by atoms with Crippen molar-refractivity contribution in [1.82, 2.24) is 24.8 Å². The van der Waals surface area contributed by atoms with Crippen molar-refractivity contribution in [1.29, 1.82) is 0 Å². The fraction of sp³-hybridized carbons (Fsp3) is 0.200. The number of pyridine rings is 1. The molecule has 0 radical (unpaired) electrons. The van der Waals surface area contributed by atoms with E-state index < -0.39 is 11.7 Å². The summed E-state index contributed by atoms with van der Waals surface area (Å²) >= 11 is 1.30. The Morgan fingerprint density at radius 1 is 1.13 bits per heavy atom. The van der Waals surface area contributed by atoms with Crippen molar-refractivity contribution in [2.24, 2.45) is 7.05 Å². The van der Waals surface area contributed by atoms with E-state index in [2.05, 4.69) is 25.6 Å². The third kappa shape index (κ3) is 4.50. The molecular formula is C20H17F3N6OS. The van der Waals surface area contributed by atoms with E-state index in [0.29, 0.717) is 16.3 Å². The van der Waals surface area contributed by atoms with Crippen LogP contribution >= 0.6 is 11.3 Å². The summed E-state index contributed by atoms with van der Waals surface area (Å²) < 4.78 is 39.8. The SMILES string of the molecule is C[C@H](NC(=O)c1cc2c(cn1)ncn2C)c1cnc(Nc2ccc(C(F)(F)F)cc2)s1. The second-order valence-corrected chi connectivity index (χ2v) is 7.94. The van der Waals surface area contributed by atoms with Crippen molar-refractivity contribution >= 4 is 39.1 Å². The second-order valence-electron chi connectivity index (χ2n) is 6.88. The van der Waals surface area contributed by atoms with E-state index in [-0.39, 0.29) is 17.6 Å². The van der Waals surface area contributed by atoms with Crippen LogP contribution in [-0.4, -0.2) is 25.4 Å². The molecule has 3 heterocycles. The minimum atomic E-state index is -4.38. The van der Waals surface area contributed by atoms with E-state index in [4.69, 9.17) is 0 Å². The number of nitrogens with zero attached hydrogens (tertiary/aromatic N) is 4. The number of anilines is 2. The van der Waals surface area contributed by atoms with Gasteiger partial charge >= 0.3 is 6.18 Å². The highest BCUT2D eigenvalue weighted by molar-refractivity contribution is 7.15. The number of benzene rings is 1. The van der Waals surface area contributed by atoms with Gasteiger partial charge in [0.1, 0.15) is 11.2 Å². The quantitative estimate of drug-likeness (QED) is 0.465. The van der Waals surface area contributed by atoms with Gasteiger partial charge in [-0.3, -0.25) is 4.79 Å². The van der Waals surface area contributed by atoms with Crippen molar-refractivity contribution in [2.45, 2.75) is 19.1 Å². The maximum absolute atomic E-state index is 12.7. The molecule has 160 valence electrons. The lowest BCUT2D eigenvalue weighted by atomic mass is 10.2. The molecule has 0 fully saturated rings. The molecular weight excluding hydrogens is 429 g/mol. The van der Waals surface area contributed by atoms with Crippen LogP contribution in [0.2, 0.25) is 0 Å². The molecule has 2 N–H and O–H groups in total. The fourth-order valence-electron chi connectivity index (χ4n) is 2.91. The van der Waals surface area contributed by atoms with Gasteiger partial charge in [0.2, 0.25) is 0 Å². The van der Waals surface area contributed by atoms with Crippen molar-refractivity contribution in [3.8, 4) is 0 Å². The zero-order chi connectivity index (χ0) is 22.2. The number of thiazole rings is 1. The number of carbonyl (C=O) groups is 1. The number of aromatic nitrogens is 4. The van der Waals surface area contributed by atoms with Crippen molar-refractivity contribution in [3.05, 3.63) is 65.2 Å². The predicted octanol–water partition coefficient (Wildman–Crippen LogP) is 4.68. The number of aryl methyl sites for hydroxylation is 1. The topological polar surface area (TPSA) is 84.7 Å².